The zero-order chi connectivity index (χ0) is 13.5. The quantitative estimate of drug-likeness (QED) is 0.747. The molecule has 18 heavy (non-hydrogen) atoms. The summed E-state index contributed by atoms with van der Waals surface area (Å²) in [6.45, 7) is 5.05. The summed E-state index contributed by atoms with van der Waals surface area (Å²) in [5, 5.41) is 11.4. The Bertz CT molecular complexity index is 419. The van der Waals surface area contributed by atoms with Crippen LogP contribution >= 0.6 is 0 Å². The lowest BCUT2D eigenvalue weighted by atomic mass is 10.4. The molecule has 0 aromatic carbocycles. The van der Waals surface area contributed by atoms with Crippen LogP contribution in [0.15, 0.2) is 12.4 Å². The van der Waals surface area contributed by atoms with E-state index in [4.69, 9.17) is 5.11 Å². The minimum Gasteiger partial charge on any atom is -0.476 e. The molecule has 0 spiro atoms. The number of nitrogens with one attached hydrogen (secondary N) is 1. The van der Waals surface area contributed by atoms with Crippen LogP contribution in [0, 0.1) is 0 Å². The van der Waals surface area contributed by atoms with Crippen LogP contribution in [0.5, 0.6) is 0 Å². The number of aromatic nitrogens is 2. The third-order valence-corrected chi connectivity index (χ3v) is 2.27. The van der Waals surface area contributed by atoms with E-state index in [1.807, 2.05) is 13.8 Å². The van der Waals surface area contributed by atoms with Crippen LogP contribution in [-0.4, -0.2) is 46.6 Å². The van der Waals surface area contributed by atoms with Crippen LogP contribution in [0.1, 0.15) is 24.3 Å². The van der Waals surface area contributed by atoms with E-state index < -0.39 is 5.97 Å². The van der Waals surface area contributed by atoms with Gasteiger partial charge >= 0.3 is 5.97 Å². The maximum absolute atomic E-state index is 11.5. The molecule has 0 saturated heterocycles. The Morgan fingerprint density at radius 2 is 2.06 bits per heavy atom. The van der Waals surface area contributed by atoms with Crippen LogP contribution in [0.2, 0.25) is 0 Å². The number of aromatic carboxylic acids is 1. The van der Waals surface area contributed by atoms with Gasteiger partial charge < -0.3 is 15.3 Å². The molecule has 2 N–H and O–H groups in total. The number of carbonyl (C=O) groups excluding carboxylic acids is 1. The molecule has 98 valence electrons. The molecule has 0 fully saturated rings. The van der Waals surface area contributed by atoms with Crippen molar-refractivity contribution in [1.82, 2.24) is 15.3 Å². The van der Waals surface area contributed by atoms with Crippen molar-refractivity contribution < 1.29 is 14.7 Å². The minimum atomic E-state index is -1.12. The minimum absolute atomic E-state index is 0.108. The third-order valence-electron chi connectivity index (χ3n) is 2.27. The molecule has 1 amide bonds. The average molecular weight is 252 g/mol. The van der Waals surface area contributed by atoms with E-state index in [1.54, 1.807) is 4.90 Å². The van der Waals surface area contributed by atoms with Gasteiger partial charge in [0.1, 0.15) is 5.82 Å². The predicted octanol–water partition coefficient (Wildman–Crippen LogP) is 0.137. The van der Waals surface area contributed by atoms with Gasteiger partial charge in [0, 0.05) is 13.1 Å². The highest BCUT2D eigenvalue weighted by Crippen LogP contribution is 2.08. The van der Waals surface area contributed by atoms with Crippen LogP contribution in [0.25, 0.3) is 0 Å². The van der Waals surface area contributed by atoms with Crippen LogP contribution < -0.4 is 10.2 Å². The van der Waals surface area contributed by atoms with Gasteiger partial charge in [-0.05, 0) is 13.8 Å². The number of likely N-dealkylation sites (N-methyl/N-ethyl adjacent to an activating group) is 2. The summed E-state index contributed by atoms with van der Waals surface area (Å²) < 4.78 is 0. The van der Waals surface area contributed by atoms with Crippen molar-refractivity contribution in [3.8, 4) is 0 Å². The van der Waals surface area contributed by atoms with Crippen molar-refractivity contribution in [3.05, 3.63) is 18.1 Å². The second-order valence-electron chi connectivity index (χ2n) is 3.53. The summed E-state index contributed by atoms with van der Waals surface area (Å²) in [4.78, 5) is 31.6. The van der Waals surface area contributed by atoms with Gasteiger partial charge in [-0.25, -0.2) is 14.8 Å². The average Bonchev–Trinajstić information content (AvgIpc) is 2.36. The molecule has 0 aliphatic heterocycles. The SMILES string of the molecule is CCNC(=O)CN(CC)c1cnc(C(=O)O)cn1. The molecule has 0 unspecified atom stereocenters. The molecule has 0 saturated carbocycles. The number of carboxylic acids is 1. The number of carboxylic acid groups (broad SMARTS) is 1. The van der Waals surface area contributed by atoms with Gasteiger partial charge in [0.2, 0.25) is 5.91 Å². The zero-order valence-electron chi connectivity index (χ0n) is 10.4. The Kier molecular flexibility index (Phi) is 5.04. The van der Waals surface area contributed by atoms with Crippen molar-refractivity contribution >= 4 is 17.7 Å². The molecule has 1 aromatic rings. The molecular formula is C11H16N4O3. The fourth-order valence-corrected chi connectivity index (χ4v) is 1.38. The highest BCUT2D eigenvalue weighted by molar-refractivity contribution is 5.85. The lowest BCUT2D eigenvalue weighted by molar-refractivity contribution is -0.119. The first-order valence-corrected chi connectivity index (χ1v) is 5.65. The highest BCUT2D eigenvalue weighted by Gasteiger charge is 2.12. The summed E-state index contributed by atoms with van der Waals surface area (Å²) in [6.07, 6.45) is 2.53. The second-order valence-corrected chi connectivity index (χ2v) is 3.53. The predicted molar refractivity (Wildman–Crippen MR) is 65.6 cm³/mol. The Morgan fingerprint density at radius 1 is 1.33 bits per heavy atom. The normalized spacial score (nSPS) is 9.89. The van der Waals surface area contributed by atoms with Crippen molar-refractivity contribution in [1.29, 1.82) is 0 Å². The highest BCUT2D eigenvalue weighted by atomic mass is 16.4. The molecule has 7 heteroatoms. The fraction of sp³-hybridized carbons (Fsp3) is 0.455. The maximum atomic E-state index is 11.5. The Morgan fingerprint density at radius 3 is 2.50 bits per heavy atom. The van der Waals surface area contributed by atoms with Crippen LogP contribution in [-0.2, 0) is 4.79 Å². The van der Waals surface area contributed by atoms with Gasteiger partial charge in [-0.1, -0.05) is 0 Å². The first-order valence-electron chi connectivity index (χ1n) is 5.65. The summed E-state index contributed by atoms with van der Waals surface area (Å²) in [7, 11) is 0. The second kappa shape index (κ2) is 6.53. The molecule has 7 nitrogen and oxygen atoms in total. The largest absolute Gasteiger partial charge is 0.476 e. The van der Waals surface area contributed by atoms with Gasteiger partial charge in [0.15, 0.2) is 5.69 Å². The number of carbonyl (C=O) groups is 2. The monoisotopic (exact) mass is 252 g/mol. The number of anilines is 1. The molecule has 1 aromatic heterocycles. The first-order chi connectivity index (χ1) is 8.58. The van der Waals surface area contributed by atoms with Gasteiger partial charge in [-0.15, -0.1) is 0 Å². The molecule has 1 heterocycles. The molecule has 0 radical (unpaired) electrons. The van der Waals surface area contributed by atoms with E-state index in [-0.39, 0.29) is 18.1 Å². The molecule has 0 aliphatic carbocycles. The topological polar surface area (TPSA) is 95.4 Å². The molecule has 0 aliphatic rings. The summed E-state index contributed by atoms with van der Waals surface area (Å²) in [6, 6.07) is 0. The van der Waals surface area contributed by atoms with Crippen LogP contribution in [0.3, 0.4) is 0 Å². The smallest absolute Gasteiger partial charge is 0.356 e. The van der Waals surface area contributed by atoms with Crippen LogP contribution in [0.4, 0.5) is 5.82 Å². The molecular weight excluding hydrogens is 236 g/mol. The van der Waals surface area contributed by atoms with Gasteiger partial charge in [0.05, 0.1) is 18.9 Å². The van der Waals surface area contributed by atoms with E-state index in [0.717, 1.165) is 0 Å². The lowest BCUT2D eigenvalue weighted by Gasteiger charge is -2.20. The van der Waals surface area contributed by atoms with E-state index >= 15 is 0 Å². The number of hydrogen-bond acceptors (Lipinski definition) is 5. The number of nitrogens with zero attached hydrogens (tertiary/aromatic N) is 3. The lowest BCUT2D eigenvalue weighted by Crippen LogP contribution is -2.37. The summed E-state index contributed by atoms with van der Waals surface area (Å²) in [5.41, 5.74) is -0.118. The van der Waals surface area contributed by atoms with Gasteiger partial charge in [0.25, 0.3) is 0 Å². The van der Waals surface area contributed by atoms with E-state index in [2.05, 4.69) is 15.3 Å². The standard InChI is InChI=1S/C11H16N4O3/c1-3-12-10(16)7-15(4-2)9-6-13-8(5-14-9)11(17)18/h5-6H,3-4,7H2,1-2H3,(H,12,16)(H,17,18). The number of hydrogen-bond donors (Lipinski definition) is 2. The van der Waals surface area contributed by atoms with E-state index in [9.17, 15) is 9.59 Å². The number of rotatable bonds is 6. The van der Waals surface area contributed by atoms with Crippen molar-refractivity contribution in [2.24, 2.45) is 0 Å². The maximum Gasteiger partial charge on any atom is 0.356 e. The molecule has 0 bridgehead atoms. The number of amides is 1. The first kappa shape index (κ1) is 13.9. The Balaban J connectivity index is 2.76. The summed E-state index contributed by atoms with van der Waals surface area (Å²) >= 11 is 0. The van der Waals surface area contributed by atoms with Gasteiger partial charge in [-0.3, -0.25) is 4.79 Å². The Hall–Kier alpha value is -2.18. The van der Waals surface area contributed by atoms with E-state index in [1.165, 1.54) is 12.4 Å². The van der Waals surface area contributed by atoms with Gasteiger partial charge in [-0.2, -0.15) is 0 Å². The summed E-state index contributed by atoms with van der Waals surface area (Å²) in [5.74, 6) is -0.752. The van der Waals surface area contributed by atoms with Crippen molar-refractivity contribution in [3.63, 3.8) is 0 Å². The fourth-order valence-electron chi connectivity index (χ4n) is 1.38. The molecule has 1 rings (SSSR count). The molecule has 0 atom stereocenters. The van der Waals surface area contributed by atoms with Crippen molar-refractivity contribution in [2.45, 2.75) is 13.8 Å². The third kappa shape index (κ3) is 3.69. The van der Waals surface area contributed by atoms with E-state index in [0.29, 0.717) is 18.9 Å². The zero-order valence-corrected chi connectivity index (χ0v) is 10.4. The Labute approximate surface area is 105 Å². The van der Waals surface area contributed by atoms with Crippen molar-refractivity contribution in [2.75, 3.05) is 24.5 Å².